The van der Waals surface area contributed by atoms with Gasteiger partial charge in [0.1, 0.15) is 0 Å². The smallest absolute Gasteiger partial charge is 0.0428 e. The first-order valence-corrected chi connectivity index (χ1v) is 5.04. The Morgan fingerprint density at radius 2 is 1.78 bits per heavy atom. The summed E-state index contributed by atoms with van der Waals surface area (Å²) in [6, 6.07) is 0. The van der Waals surface area contributed by atoms with Crippen LogP contribution in [0.2, 0.25) is 0 Å². The predicted octanol–water partition coefficient (Wildman–Crippen LogP) is 1.70. The molecule has 1 atom stereocenters. The Balaban J connectivity index is 2.61. The van der Waals surface area contributed by atoms with E-state index in [1.165, 1.54) is 12.8 Å². The molecule has 1 aliphatic carbocycles. The molecule has 1 unspecified atom stereocenters. The summed E-state index contributed by atoms with van der Waals surface area (Å²) in [6.07, 6.45) is 6.70. The molecule has 1 saturated carbocycles. The van der Waals surface area contributed by atoms with E-state index in [1.807, 2.05) is 6.26 Å². The Morgan fingerprint density at radius 3 is 2.00 bits per heavy atom. The maximum Gasteiger partial charge on any atom is 0.0428 e. The summed E-state index contributed by atoms with van der Waals surface area (Å²) in [7, 11) is -0.606. The molecule has 0 spiro atoms. The van der Waals surface area contributed by atoms with Crippen LogP contribution in [0.15, 0.2) is 0 Å². The summed E-state index contributed by atoms with van der Waals surface area (Å²) in [5.74, 6) is 0. The molecule has 1 fully saturated rings. The average Bonchev–Trinajstić information content (AvgIpc) is 2.16. The zero-order valence-corrected chi connectivity index (χ0v) is 6.96. The molecule has 9 heavy (non-hydrogen) atoms. The number of hydrogen-bond acceptors (Lipinski definition) is 1. The number of hydrogen-bond donors (Lipinski definition) is 0. The van der Waals surface area contributed by atoms with E-state index < -0.39 is 10.8 Å². The van der Waals surface area contributed by atoms with Crippen LogP contribution in [-0.2, 0) is 10.8 Å². The Bertz CT molecular complexity index is 125. The summed E-state index contributed by atoms with van der Waals surface area (Å²) in [6.45, 7) is 2.14. The van der Waals surface area contributed by atoms with Crippen molar-refractivity contribution in [1.82, 2.24) is 0 Å². The Hall–Kier alpha value is 0.150. The molecular formula is C7H14OS. The molecule has 0 aromatic heterocycles. The highest BCUT2D eigenvalue weighted by Gasteiger charge is 2.31. The minimum absolute atomic E-state index is 0.167. The zero-order chi connectivity index (χ0) is 6.91. The first kappa shape index (κ1) is 7.26. The van der Waals surface area contributed by atoms with Gasteiger partial charge in [0.2, 0.25) is 0 Å². The lowest BCUT2D eigenvalue weighted by molar-refractivity contribution is 0.610. The molecule has 1 rings (SSSR count). The highest BCUT2D eigenvalue weighted by atomic mass is 32.2. The lowest BCUT2D eigenvalue weighted by Crippen LogP contribution is -2.25. The van der Waals surface area contributed by atoms with Crippen molar-refractivity contribution in [2.75, 3.05) is 6.26 Å². The van der Waals surface area contributed by atoms with Crippen molar-refractivity contribution in [3.8, 4) is 0 Å². The van der Waals surface area contributed by atoms with Gasteiger partial charge in [0.25, 0.3) is 0 Å². The van der Waals surface area contributed by atoms with Crippen LogP contribution in [0, 0.1) is 0 Å². The molecule has 0 saturated heterocycles. The third kappa shape index (κ3) is 1.34. The van der Waals surface area contributed by atoms with Gasteiger partial charge in [0, 0.05) is 21.8 Å². The van der Waals surface area contributed by atoms with E-state index in [1.54, 1.807) is 0 Å². The molecule has 0 aromatic rings. The van der Waals surface area contributed by atoms with Crippen molar-refractivity contribution in [3.63, 3.8) is 0 Å². The van der Waals surface area contributed by atoms with Crippen molar-refractivity contribution in [2.24, 2.45) is 0 Å². The monoisotopic (exact) mass is 146 g/mol. The van der Waals surface area contributed by atoms with E-state index in [0.29, 0.717) is 0 Å². The van der Waals surface area contributed by atoms with Gasteiger partial charge in [-0.1, -0.05) is 12.8 Å². The summed E-state index contributed by atoms with van der Waals surface area (Å²) in [4.78, 5) is 0. The fourth-order valence-corrected chi connectivity index (χ4v) is 2.27. The second-order valence-corrected chi connectivity index (χ2v) is 5.00. The lowest BCUT2D eigenvalue weighted by atomic mass is 10.1. The van der Waals surface area contributed by atoms with E-state index in [-0.39, 0.29) is 4.75 Å². The third-order valence-electron chi connectivity index (χ3n) is 2.36. The predicted molar refractivity (Wildman–Crippen MR) is 40.9 cm³/mol. The van der Waals surface area contributed by atoms with Crippen molar-refractivity contribution in [3.05, 3.63) is 0 Å². The largest absolute Gasteiger partial charge is 0.259 e. The van der Waals surface area contributed by atoms with Crippen LogP contribution in [0.4, 0.5) is 0 Å². The van der Waals surface area contributed by atoms with Gasteiger partial charge in [-0.15, -0.1) is 0 Å². The third-order valence-corrected chi connectivity index (χ3v) is 4.15. The fraction of sp³-hybridized carbons (Fsp3) is 1.00. The van der Waals surface area contributed by atoms with Crippen LogP contribution in [0.25, 0.3) is 0 Å². The van der Waals surface area contributed by atoms with Crippen LogP contribution in [-0.4, -0.2) is 15.2 Å². The van der Waals surface area contributed by atoms with E-state index in [0.717, 1.165) is 12.8 Å². The minimum atomic E-state index is -0.606. The van der Waals surface area contributed by atoms with E-state index in [4.69, 9.17) is 0 Å². The molecule has 1 aliphatic rings. The van der Waals surface area contributed by atoms with Gasteiger partial charge < -0.3 is 0 Å². The molecule has 0 radical (unpaired) electrons. The van der Waals surface area contributed by atoms with Gasteiger partial charge in [-0.05, 0) is 19.8 Å². The average molecular weight is 146 g/mol. The molecule has 54 valence electrons. The molecule has 1 nitrogen and oxygen atoms in total. The summed E-state index contributed by atoms with van der Waals surface area (Å²) in [5.41, 5.74) is 0. The maximum absolute atomic E-state index is 11.1. The van der Waals surface area contributed by atoms with E-state index in [2.05, 4.69) is 6.92 Å². The van der Waals surface area contributed by atoms with Crippen molar-refractivity contribution in [2.45, 2.75) is 37.4 Å². The summed E-state index contributed by atoms with van der Waals surface area (Å²) < 4.78 is 11.2. The molecule has 0 aliphatic heterocycles. The normalized spacial score (nSPS) is 28.2. The first-order chi connectivity index (χ1) is 4.15. The van der Waals surface area contributed by atoms with Crippen LogP contribution < -0.4 is 0 Å². The highest BCUT2D eigenvalue weighted by Crippen LogP contribution is 2.33. The van der Waals surface area contributed by atoms with Crippen molar-refractivity contribution >= 4 is 10.8 Å². The molecule has 0 bridgehead atoms. The second kappa shape index (κ2) is 2.41. The van der Waals surface area contributed by atoms with Gasteiger partial charge in [-0.25, -0.2) is 0 Å². The Labute approximate surface area is 59.3 Å². The molecule has 0 heterocycles. The van der Waals surface area contributed by atoms with Crippen LogP contribution in [0.5, 0.6) is 0 Å². The maximum atomic E-state index is 11.1. The van der Waals surface area contributed by atoms with E-state index in [9.17, 15) is 4.21 Å². The van der Waals surface area contributed by atoms with Crippen molar-refractivity contribution in [1.29, 1.82) is 0 Å². The second-order valence-electron chi connectivity index (χ2n) is 3.11. The molecule has 0 amide bonds. The van der Waals surface area contributed by atoms with Gasteiger partial charge in [-0.2, -0.15) is 0 Å². The van der Waals surface area contributed by atoms with Gasteiger partial charge in [0.05, 0.1) is 0 Å². The van der Waals surface area contributed by atoms with E-state index >= 15 is 0 Å². The van der Waals surface area contributed by atoms with Gasteiger partial charge >= 0.3 is 0 Å². The zero-order valence-electron chi connectivity index (χ0n) is 6.14. The van der Waals surface area contributed by atoms with Crippen LogP contribution >= 0.6 is 0 Å². The topological polar surface area (TPSA) is 17.1 Å². The molecule has 2 heteroatoms. The summed E-state index contributed by atoms with van der Waals surface area (Å²) >= 11 is 0. The fourth-order valence-electron chi connectivity index (χ4n) is 1.41. The van der Waals surface area contributed by atoms with Gasteiger partial charge in [-0.3, -0.25) is 4.21 Å². The molecular weight excluding hydrogens is 132 g/mol. The SMILES string of the molecule is CS(=O)C1(C)CCCC1. The quantitative estimate of drug-likeness (QED) is 0.550. The minimum Gasteiger partial charge on any atom is -0.259 e. The standard InChI is InChI=1S/C7H14OS/c1-7(9(2)8)5-3-4-6-7/h3-6H2,1-2H3. The molecule has 0 N–H and O–H groups in total. The number of rotatable bonds is 1. The van der Waals surface area contributed by atoms with Crippen molar-refractivity contribution < 1.29 is 4.21 Å². The Morgan fingerprint density at radius 1 is 1.33 bits per heavy atom. The van der Waals surface area contributed by atoms with Gasteiger partial charge in [0.15, 0.2) is 0 Å². The first-order valence-electron chi connectivity index (χ1n) is 3.49. The lowest BCUT2D eigenvalue weighted by Gasteiger charge is -2.18. The Kier molecular flexibility index (Phi) is 1.94. The van der Waals surface area contributed by atoms with Crippen LogP contribution in [0.3, 0.4) is 0 Å². The van der Waals surface area contributed by atoms with Crippen LogP contribution in [0.1, 0.15) is 32.6 Å². The summed E-state index contributed by atoms with van der Waals surface area (Å²) in [5, 5.41) is 0. The highest BCUT2D eigenvalue weighted by molar-refractivity contribution is 7.85. The molecule has 0 aromatic carbocycles.